The monoisotopic (exact) mass is 132 g/mol. The van der Waals surface area contributed by atoms with Crippen molar-refractivity contribution in [3.8, 4) is 0 Å². The molecule has 0 aliphatic heterocycles. The molecule has 0 radical (unpaired) electrons. The van der Waals surface area contributed by atoms with Crippen LogP contribution in [-0.2, 0) is 0 Å². The molecule has 0 aliphatic carbocycles. The molecule has 0 aromatic rings. The third-order valence-electron chi connectivity index (χ3n) is 0.293. The Balaban J connectivity index is 3.54. The summed E-state index contributed by atoms with van der Waals surface area (Å²) in [7, 11) is 0. The number of thiol groups is 1. The lowest BCUT2D eigenvalue weighted by atomic mass is 10.7. The second-order valence-electron chi connectivity index (χ2n) is 0.915. The van der Waals surface area contributed by atoms with E-state index in [0.29, 0.717) is 0 Å². The molecule has 1 unspecified atom stereocenters. The Morgan fingerprint density at radius 3 is 1.57 bits per heavy atom. The van der Waals surface area contributed by atoms with Crippen molar-refractivity contribution in [1.29, 1.82) is 0 Å². The molecule has 0 aromatic heterocycles. The van der Waals surface area contributed by atoms with E-state index in [4.69, 9.17) is 5.11 Å². The van der Waals surface area contributed by atoms with Crippen LogP contribution in [0.5, 0.6) is 0 Å². The van der Waals surface area contributed by atoms with Crippen molar-refractivity contribution < 1.29 is 18.3 Å². The third kappa shape index (κ3) is 2.76. The van der Waals surface area contributed by atoms with Gasteiger partial charge in [-0.3, -0.25) is 0 Å². The zero-order chi connectivity index (χ0) is 6.08. The standard InChI is InChI=1S/C2H3F3OS/c3-2(4,5)1(6)7/h1,6-7H. The van der Waals surface area contributed by atoms with Crippen LogP contribution in [0.1, 0.15) is 0 Å². The minimum atomic E-state index is -4.58. The lowest BCUT2D eigenvalue weighted by Gasteiger charge is -2.05. The maximum atomic E-state index is 10.9. The maximum absolute atomic E-state index is 10.9. The van der Waals surface area contributed by atoms with Gasteiger partial charge in [-0.05, 0) is 0 Å². The zero-order valence-electron chi connectivity index (χ0n) is 3.11. The fourth-order valence-corrected chi connectivity index (χ4v) is 0. The van der Waals surface area contributed by atoms with Gasteiger partial charge in [0.25, 0.3) is 0 Å². The number of hydrogen-bond acceptors (Lipinski definition) is 2. The molecule has 1 atom stereocenters. The van der Waals surface area contributed by atoms with Gasteiger partial charge in [0.15, 0.2) is 5.44 Å². The normalized spacial score (nSPS) is 16.7. The lowest BCUT2D eigenvalue weighted by Crippen LogP contribution is -2.22. The van der Waals surface area contributed by atoms with E-state index >= 15 is 0 Å². The summed E-state index contributed by atoms with van der Waals surface area (Å²) < 4.78 is 32.6. The van der Waals surface area contributed by atoms with Gasteiger partial charge in [0.05, 0.1) is 0 Å². The van der Waals surface area contributed by atoms with Crippen LogP contribution in [0.15, 0.2) is 0 Å². The smallest absolute Gasteiger partial charge is 0.374 e. The van der Waals surface area contributed by atoms with Crippen LogP contribution in [0.2, 0.25) is 0 Å². The number of halogens is 3. The van der Waals surface area contributed by atoms with E-state index < -0.39 is 11.6 Å². The molecule has 0 aromatic carbocycles. The van der Waals surface area contributed by atoms with Gasteiger partial charge in [0.2, 0.25) is 0 Å². The molecule has 44 valence electrons. The first-order valence-electron chi connectivity index (χ1n) is 1.37. The Morgan fingerprint density at radius 1 is 1.43 bits per heavy atom. The molecule has 1 N–H and O–H groups in total. The van der Waals surface area contributed by atoms with Crippen molar-refractivity contribution in [3.63, 3.8) is 0 Å². The quantitative estimate of drug-likeness (QED) is 0.369. The van der Waals surface area contributed by atoms with Gasteiger partial charge in [0, 0.05) is 0 Å². The minimum absolute atomic E-state index is 2.51. The van der Waals surface area contributed by atoms with Crippen LogP contribution in [0.4, 0.5) is 13.2 Å². The average molecular weight is 132 g/mol. The largest absolute Gasteiger partial charge is 0.423 e. The predicted octanol–water partition coefficient (Wildman–Crippen LogP) is 0.797. The van der Waals surface area contributed by atoms with E-state index in [-0.39, 0.29) is 0 Å². The highest BCUT2D eigenvalue weighted by Crippen LogP contribution is 2.21. The summed E-state index contributed by atoms with van der Waals surface area (Å²) in [5.74, 6) is 0. The molecule has 5 heteroatoms. The number of rotatable bonds is 0. The highest BCUT2D eigenvalue weighted by Gasteiger charge is 2.35. The van der Waals surface area contributed by atoms with E-state index in [0.717, 1.165) is 0 Å². The Kier molecular flexibility index (Phi) is 1.94. The topological polar surface area (TPSA) is 20.2 Å². The summed E-state index contributed by atoms with van der Waals surface area (Å²) in [4.78, 5) is 0. The first-order valence-corrected chi connectivity index (χ1v) is 1.89. The summed E-state index contributed by atoms with van der Waals surface area (Å²) in [5, 5.41) is 7.63. The van der Waals surface area contributed by atoms with Crippen LogP contribution in [0.25, 0.3) is 0 Å². The van der Waals surface area contributed by atoms with Gasteiger partial charge in [-0.15, -0.1) is 12.6 Å². The Bertz CT molecular complexity index is 58.4. The van der Waals surface area contributed by atoms with Crippen molar-refractivity contribution >= 4 is 12.6 Å². The molecule has 0 saturated carbocycles. The van der Waals surface area contributed by atoms with Crippen LogP contribution < -0.4 is 0 Å². The van der Waals surface area contributed by atoms with Gasteiger partial charge in [-0.25, -0.2) is 0 Å². The van der Waals surface area contributed by atoms with Gasteiger partial charge >= 0.3 is 6.18 Å². The molecule has 0 fully saturated rings. The molecule has 0 amide bonds. The number of hydrogen-bond donors (Lipinski definition) is 2. The van der Waals surface area contributed by atoms with Crippen molar-refractivity contribution in [3.05, 3.63) is 0 Å². The number of aliphatic hydroxyl groups is 1. The maximum Gasteiger partial charge on any atom is 0.423 e. The molecule has 0 spiro atoms. The highest BCUT2D eigenvalue weighted by atomic mass is 32.1. The molecule has 7 heavy (non-hydrogen) atoms. The molecule has 1 nitrogen and oxygen atoms in total. The van der Waals surface area contributed by atoms with Gasteiger partial charge < -0.3 is 5.11 Å². The van der Waals surface area contributed by atoms with E-state index in [1.165, 1.54) is 0 Å². The third-order valence-corrected chi connectivity index (χ3v) is 0.586. The summed E-state index contributed by atoms with van der Waals surface area (Å²) in [6.07, 6.45) is -4.58. The van der Waals surface area contributed by atoms with Gasteiger partial charge in [-0.1, -0.05) is 0 Å². The Morgan fingerprint density at radius 2 is 1.57 bits per heavy atom. The molecular formula is C2H3F3OS. The lowest BCUT2D eigenvalue weighted by molar-refractivity contribution is -0.172. The minimum Gasteiger partial charge on any atom is -0.374 e. The van der Waals surface area contributed by atoms with Gasteiger partial charge in [0.1, 0.15) is 0 Å². The van der Waals surface area contributed by atoms with E-state index in [2.05, 4.69) is 12.6 Å². The van der Waals surface area contributed by atoms with Crippen molar-refractivity contribution in [2.75, 3.05) is 0 Å². The first kappa shape index (κ1) is 7.10. The molecule has 0 rings (SSSR count). The van der Waals surface area contributed by atoms with Crippen molar-refractivity contribution in [1.82, 2.24) is 0 Å². The second kappa shape index (κ2) is 1.92. The summed E-state index contributed by atoms with van der Waals surface area (Å²) in [6, 6.07) is 0. The SMILES string of the molecule is OC(S)C(F)(F)F. The number of aliphatic hydroxyl groups excluding tert-OH is 1. The molecule has 0 bridgehead atoms. The van der Waals surface area contributed by atoms with E-state index in [9.17, 15) is 13.2 Å². The van der Waals surface area contributed by atoms with Crippen LogP contribution in [0, 0.1) is 0 Å². The fourth-order valence-electron chi connectivity index (χ4n) is 0. The Labute approximate surface area is 43.6 Å². The second-order valence-corrected chi connectivity index (χ2v) is 1.40. The van der Waals surface area contributed by atoms with Crippen LogP contribution in [0.3, 0.4) is 0 Å². The van der Waals surface area contributed by atoms with E-state index in [1.807, 2.05) is 0 Å². The van der Waals surface area contributed by atoms with Crippen molar-refractivity contribution in [2.24, 2.45) is 0 Å². The number of alkyl halides is 3. The highest BCUT2D eigenvalue weighted by molar-refractivity contribution is 7.80. The molecule has 0 heterocycles. The summed E-state index contributed by atoms with van der Waals surface area (Å²) in [6.45, 7) is 0. The van der Waals surface area contributed by atoms with E-state index in [1.54, 1.807) is 0 Å². The summed E-state index contributed by atoms with van der Waals surface area (Å²) in [5.41, 5.74) is -2.51. The molecule has 0 aliphatic rings. The fraction of sp³-hybridized carbons (Fsp3) is 1.00. The molecule has 0 saturated heterocycles. The Hall–Kier alpha value is 0.100. The van der Waals surface area contributed by atoms with Crippen LogP contribution in [-0.4, -0.2) is 16.7 Å². The van der Waals surface area contributed by atoms with Crippen molar-refractivity contribution in [2.45, 2.75) is 11.6 Å². The zero-order valence-corrected chi connectivity index (χ0v) is 4.00. The van der Waals surface area contributed by atoms with Gasteiger partial charge in [-0.2, -0.15) is 13.2 Å². The first-order chi connectivity index (χ1) is 2.94. The molecular weight excluding hydrogens is 129 g/mol. The predicted molar refractivity (Wildman–Crippen MR) is 21.0 cm³/mol. The summed E-state index contributed by atoms with van der Waals surface area (Å²) >= 11 is 2.71. The van der Waals surface area contributed by atoms with Crippen LogP contribution >= 0.6 is 12.6 Å². The average Bonchev–Trinajstić information content (AvgIpc) is 1.31.